The molecule has 2 rings (SSSR count). The monoisotopic (exact) mass is 216 g/mol. The Morgan fingerprint density at radius 2 is 2.00 bits per heavy atom. The summed E-state index contributed by atoms with van der Waals surface area (Å²) in [5.41, 5.74) is 2.63. The number of rotatable bonds is 2. The lowest BCUT2D eigenvalue weighted by Crippen LogP contribution is -1.94. The van der Waals surface area contributed by atoms with Gasteiger partial charge in [-0.1, -0.05) is 12.1 Å². The number of aryl methyl sites for hydroxylation is 1. The summed E-state index contributed by atoms with van der Waals surface area (Å²) < 4.78 is 13.2. The summed E-state index contributed by atoms with van der Waals surface area (Å²) in [5.74, 6) is 0.540. The van der Waals surface area contributed by atoms with Crippen LogP contribution in [0.2, 0.25) is 0 Å². The smallest absolute Gasteiger partial charge is 0.126 e. The van der Waals surface area contributed by atoms with Gasteiger partial charge in [0.2, 0.25) is 0 Å². The van der Waals surface area contributed by atoms with Crippen molar-refractivity contribution in [3.63, 3.8) is 0 Å². The molecule has 0 spiro atoms. The van der Waals surface area contributed by atoms with Gasteiger partial charge >= 0.3 is 0 Å². The van der Waals surface area contributed by atoms with Crippen LogP contribution in [0.1, 0.15) is 5.56 Å². The molecule has 0 amide bonds. The van der Waals surface area contributed by atoms with Crippen molar-refractivity contribution in [1.82, 2.24) is 4.98 Å². The Bertz CT molecular complexity index is 509. The number of pyridine rings is 1. The fourth-order valence-electron chi connectivity index (χ4n) is 1.59. The maximum atomic E-state index is 13.2. The van der Waals surface area contributed by atoms with Crippen LogP contribution in [-0.2, 0) is 0 Å². The molecule has 1 heterocycles. The first-order chi connectivity index (χ1) is 7.70. The number of nitrogens with zero attached hydrogens (tertiary/aromatic N) is 1. The van der Waals surface area contributed by atoms with Crippen LogP contribution in [0, 0.1) is 12.7 Å². The van der Waals surface area contributed by atoms with Crippen LogP contribution in [-0.4, -0.2) is 12.0 Å². The average molecular weight is 216 g/mol. The standard InChI is InChI=1S/C13H13FN2/c1-9-6-7-10(14)8-11(9)12-4-3-5-13(15-2)16-12/h3-8H,1-2H3,(H,15,16). The van der Waals surface area contributed by atoms with Crippen molar-refractivity contribution < 1.29 is 4.39 Å². The first-order valence-corrected chi connectivity index (χ1v) is 5.12. The molecular formula is C13H13FN2. The van der Waals surface area contributed by atoms with Gasteiger partial charge < -0.3 is 5.32 Å². The van der Waals surface area contributed by atoms with Crippen LogP contribution in [0.3, 0.4) is 0 Å². The molecule has 82 valence electrons. The van der Waals surface area contributed by atoms with E-state index in [1.54, 1.807) is 6.07 Å². The Kier molecular flexibility index (Phi) is 2.86. The van der Waals surface area contributed by atoms with Gasteiger partial charge in [-0.2, -0.15) is 0 Å². The van der Waals surface area contributed by atoms with Gasteiger partial charge in [-0.15, -0.1) is 0 Å². The van der Waals surface area contributed by atoms with Crippen molar-refractivity contribution in [3.8, 4) is 11.3 Å². The molecule has 0 radical (unpaired) electrons. The number of nitrogens with one attached hydrogen (secondary N) is 1. The summed E-state index contributed by atoms with van der Waals surface area (Å²) in [4.78, 5) is 4.39. The van der Waals surface area contributed by atoms with E-state index >= 15 is 0 Å². The third kappa shape index (κ3) is 2.03. The third-order valence-corrected chi connectivity index (χ3v) is 2.48. The Labute approximate surface area is 94.2 Å². The largest absolute Gasteiger partial charge is 0.373 e. The minimum atomic E-state index is -0.239. The molecule has 0 aliphatic rings. The highest BCUT2D eigenvalue weighted by Crippen LogP contribution is 2.23. The Hall–Kier alpha value is -1.90. The highest BCUT2D eigenvalue weighted by atomic mass is 19.1. The zero-order valence-electron chi connectivity index (χ0n) is 9.29. The lowest BCUT2D eigenvalue weighted by Gasteiger charge is -2.07. The molecule has 0 atom stereocenters. The van der Waals surface area contributed by atoms with Gasteiger partial charge in [0.15, 0.2) is 0 Å². The lowest BCUT2D eigenvalue weighted by molar-refractivity contribution is 0.628. The van der Waals surface area contributed by atoms with Gasteiger partial charge in [-0.25, -0.2) is 9.37 Å². The molecule has 0 unspecified atom stereocenters. The zero-order chi connectivity index (χ0) is 11.5. The van der Waals surface area contributed by atoms with E-state index in [9.17, 15) is 4.39 Å². The van der Waals surface area contributed by atoms with Crippen LogP contribution in [0.5, 0.6) is 0 Å². The minimum Gasteiger partial charge on any atom is -0.373 e. The second kappa shape index (κ2) is 4.31. The second-order valence-corrected chi connectivity index (χ2v) is 3.62. The number of hydrogen-bond acceptors (Lipinski definition) is 2. The highest BCUT2D eigenvalue weighted by molar-refractivity contribution is 5.65. The molecule has 0 bridgehead atoms. The summed E-state index contributed by atoms with van der Waals surface area (Å²) in [7, 11) is 1.81. The zero-order valence-corrected chi connectivity index (χ0v) is 9.29. The van der Waals surface area contributed by atoms with Crippen molar-refractivity contribution in [1.29, 1.82) is 0 Å². The van der Waals surface area contributed by atoms with Crippen molar-refractivity contribution in [2.75, 3.05) is 12.4 Å². The van der Waals surface area contributed by atoms with E-state index in [-0.39, 0.29) is 5.82 Å². The number of hydrogen-bond donors (Lipinski definition) is 1. The maximum absolute atomic E-state index is 13.2. The summed E-state index contributed by atoms with van der Waals surface area (Å²) in [6.45, 7) is 1.95. The lowest BCUT2D eigenvalue weighted by atomic mass is 10.1. The average Bonchev–Trinajstić information content (AvgIpc) is 2.32. The SMILES string of the molecule is CNc1cccc(-c2cc(F)ccc2C)n1. The first kappa shape index (κ1) is 10.6. The molecule has 0 saturated carbocycles. The number of aromatic nitrogens is 1. The van der Waals surface area contributed by atoms with Crippen LogP contribution in [0.4, 0.5) is 10.2 Å². The summed E-state index contributed by atoms with van der Waals surface area (Å²) in [6, 6.07) is 10.4. The quantitative estimate of drug-likeness (QED) is 0.833. The van der Waals surface area contributed by atoms with Crippen LogP contribution >= 0.6 is 0 Å². The van der Waals surface area contributed by atoms with E-state index in [4.69, 9.17) is 0 Å². The molecule has 16 heavy (non-hydrogen) atoms. The molecule has 1 aromatic heterocycles. The van der Waals surface area contributed by atoms with E-state index in [1.165, 1.54) is 12.1 Å². The molecule has 0 aliphatic heterocycles. The molecule has 2 aromatic rings. The van der Waals surface area contributed by atoms with E-state index in [1.807, 2.05) is 32.2 Å². The van der Waals surface area contributed by atoms with E-state index in [0.29, 0.717) is 0 Å². The van der Waals surface area contributed by atoms with Gasteiger partial charge in [0, 0.05) is 12.6 Å². The van der Waals surface area contributed by atoms with Crippen LogP contribution < -0.4 is 5.32 Å². The fourth-order valence-corrected chi connectivity index (χ4v) is 1.59. The maximum Gasteiger partial charge on any atom is 0.126 e. The Morgan fingerprint density at radius 1 is 1.19 bits per heavy atom. The summed E-state index contributed by atoms with van der Waals surface area (Å²) >= 11 is 0. The third-order valence-electron chi connectivity index (χ3n) is 2.48. The fraction of sp³-hybridized carbons (Fsp3) is 0.154. The number of anilines is 1. The Morgan fingerprint density at radius 3 is 2.75 bits per heavy atom. The first-order valence-electron chi connectivity index (χ1n) is 5.12. The van der Waals surface area contributed by atoms with Crippen LogP contribution in [0.15, 0.2) is 36.4 Å². The van der Waals surface area contributed by atoms with Crippen molar-refractivity contribution in [2.24, 2.45) is 0 Å². The molecule has 0 saturated heterocycles. The predicted octanol–water partition coefficient (Wildman–Crippen LogP) is 3.24. The minimum absolute atomic E-state index is 0.239. The molecule has 3 heteroatoms. The Balaban J connectivity index is 2.53. The van der Waals surface area contributed by atoms with Gasteiger partial charge in [0.05, 0.1) is 5.69 Å². The topological polar surface area (TPSA) is 24.9 Å². The molecule has 0 aliphatic carbocycles. The molecule has 2 nitrogen and oxygen atoms in total. The van der Waals surface area contributed by atoms with Crippen molar-refractivity contribution in [3.05, 3.63) is 47.8 Å². The van der Waals surface area contributed by atoms with Gasteiger partial charge in [-0.3, -0.25) is 0 Å². The number of halogens is 1. The summed E-state index contributed by atoms with van der Waals surface area (Å²) in [5, 5.41) is 2.97. The van der Waals surface area contributed by atoms with Gasteiger partial charge in [-0.05, 0) is 36.8 Å². The normalized spacial score (nSPS) is 10.2. The molecule has 1 N–H and O–H groups in total. The van der Waals surface area contributed by atoms with E-state index < -0.39 is 0 Å². The molecule has 0 fully saturated rings. The van der Waals surface area contributed by atoms with Crippen molar-refractivity contribution in [2.45, 2.75) is 6.92 Å². The molecule has 1 aromatic carbocycles. The highest BCUT2D eigenvalue weighted by Gasteiger charge is 2.05. The van der Waals surface area contributed by atoms with Gasteiger partial charge in [0.25, 0.3) is 0 Å². The number of benzene rings is 1. The van der Waals surface area contributed by atoms with Gasteiger partial charge in [0.1, 0.15) is 11.6 Å². The summed E-state index contributed by atoms with van der Waals surface area (Å²) in [6.07, 6.45) is 0. The molecular weight excluding hydrogens is 203 g/mol. The van der Waals surface area contributed by atoms with Crippen molar-refractivity contribution >= 4 is 5.82 Å². The van der Waals surface area contributed by atoms with Crippen LogP contribution in [0.25, 0.3) is 11.3 Å². The second-order valence-electron chi connectivity index (χ2n) is 3.62. The predicted molar refractivity (Wildman–Crippen MR) is 63.9 cm³/mol. The van der Waals surface area contributed by atoms with E-state index in [0.717, 1.165) is 22.6 Å². The van der Waals surface area contributed by atoms with E-state index in [2.05, 4.69) is 10.3 Å².